The van der Waals surface area contributed by atoms with Gasteiger partial charge in [-0.3, -0.25) is 4.79 Å². The fourth-order valence-electron chi connectivity index (χ4n) is 1.65. The van der Waals surface area contributed by atoms with Crippen molar-refractivity contribution in [3.8, 4) is 11.5 Å². The molecule has 0 aliphatic carbocycles. The summed E-state index contributed by atoms with van der Waals surface area (Å²) in [6, 6.07) is 7.07. The summed E-state index contributed by atoms with van der Waals surface area (Å²) < 4.78 is 11.4. The summed E-state index contributed by atoms with van der Waals surface area (Å²) in [5.74, 6) is 0.926. The van der Waals surface area contributed by atoms with Crippen LogP contribution in [-0.2, 0) is 0 Å². The number of ketones is 1. The summed E-state index contributed by atoms with van der Waals surface area (Å²) in [6.45, 7) is 0. The molecule has 94 valence electrons. The van der Waals surface area contributed by atoms with Crippen LogP contribution in [0.3, 0.4) is 0 Å². The van der Waals surface area contributed by atoms with E-state index in [9.17, 15) is 4.79 Å². The molecule has 0 fully saturated rings. The first-order chi connectivity index (χ1) is 8.67. The number of methoxy groups -OCH3 is 2. The molecule has 0 bridgehead atoms. The molecular weight excluding hydrogens is 316 g/mol. The van der Waals surface area contributed by atoms with Crippen molar-refractivity contribution >= 4 is 33.0 Å². The molecule has 2 rings (SSSR count). The zero-order chi connectivity index (χ0) is 13.1. The predicted octanol–water partition coefficient (Wildman–Crippen LogP) is 3.76. The van der Waals surface area contributed by atoms with Crippen LogP contribution in [0, 0.1) is 0 Å². The predicted molar refractivity (Wildman–Crippen MR) is 75.0 cm³/mol. The van der Waals surface area contributed by atoms with Crippen molar-refractivity contribution in [2.45, 2.75) is 0 Å². The van der Waals surface area contributed by atoms with Gasteiger partial charge in [-0.2, -0.15) is 0 Å². The van der Waals surface area contributed by atoms with Crippen LogP contribution in [0.25, 0.3) is 0 Å². The van der Waals surface area contributed by atoms with E-state index in [4.69, 9.17) is 9.47 Å². The smallest absolute Gasteiger partial charge is 0.201 e. The normalized spacial score (nSPS) is 10.2. The fraction of sp³-hybridized carbons (Fsp3) is 0.154. The quantitative estimate of drug-likeness (QED) is 0.802. The highest BCUT2D eigenvalue weighted by Gasteiger charge is 2.20. The lowest BCUT2D eigenvalue weighted by Crippen LogP contribution is -2.05. The maximum Gasteiger partial charge on any atom is 0.201 e. The highest BCUT2D eigenvalue weighted by atomic mass is 79.9. The van der Waals surface area contributed by atoms with Gasteiger partial charge < -0.3 is 9.47 Å². The van der Waals surface area contributed by atoms with Gasteiger partial charge in [-0.1, -0.05) is 6.07 Å². The van der Waals surface area contributed by atoms with Crippen molar-refractivity contribution < 1.29 is 14.3 Å². The number of ether oxygens (including phenoxy) is 2. The van der Waals surface area contributed by atoms with Gasteiger partial charge in [0.05, 0.1) is 18.0 Å². The first-order valence-electron chi connectivity index (χ1n) is 5.17. The van der Waals surface area contributed by atoms with Gasteiger partial charge in [-0.15, -0.1) is 11.3 Å². The van der Waals surface area contributed by atoms with Gasteiger partial charge in [0.2, 0.25) is 5.78 Å². The molecule has 1 aromatic carbocycles. The van der Waals surface area contributed by atoms with Gasteiger partial charge in [-0.25, -0.2) is 0 Å². The highest BCUT2D eigenvalue weighted by molar-refractivity contribution is 9.11. The Kier molecular flexibility index (Phi) is 4.04. The monoisotopic (exact) mass is 326 g/mol. The maximum absolute atomic E-state index is 12.4. The Morgan fingerprint density at radius 3 is 2.28 bits per heavy atom. The standard InChI is InChI=1S/C13H11BrO3S/c1-16-9-4-3-5-10(17-2)12(9)13(15)8-6-11(14)18-7-8/h3-7H,1-2H3. The van der Waals surface area contributed by atoms with E-state index in [1.165, 1.54) is 25.6 Å². The largest absolute Gasteiger partial charge is 0.496 e. The molecule has 0 saturated carbocycles. The Balaban J connectivity index is 2.52. The first-order valence-corrected chi connectivity index (χ1v) is 6.84. The van der Waals surface area contributed by atoms with Crippen LogP contribution in [0.1, 0.15) is 15.9 Å². The number of benzene rings is 1. The van der Waals surface area contributed by atoms with Crippen molar-refractivity contribution in [1.82, 2.24) is 0 Å². The van der Waals surface area contributed by atoms with Crippen LogP contribution in [0.15, 0.2) is 33.4 Å². The van der Waals surface area contributed by atoms with Gasteiger partial charge in [0.25, 0.3) is 0 Å². The van der Waals surface area contributed by atoms with Gasteiger partial charge in [-0.05, 0) is 34.1 Å². The lowest BCUT2D eigenvalue weighted by Gasteiger charge is -2.11. The molecule has 3 nitrogen and oxygen atoms in total. The third-order valence-corrected chi connectivity index (χ3v) is 3.99. The average molecular weight is 327 g/mol. The number of thiophene rings is 1. The SMILES string of the molecule is COc1cccc(OC)c1C(=O)c1csc(Br)c1. The topological polar surface area (TPSA) is 35.5 Å². The second-order valence-corrected chi connectivity index (χ2v) is 5.80. The molecule has 1 heterocycles. The molecule has 0 aliphatic heterocycles. The molecule has 0 N–H and O–H groups in total. The van der Waals surface area contributed by atoms with Crippen molar-refractivity contribution in [1.29, 1.82) is 0 Å². The van der Waals surface area contributed by atoms with E-state index in [1.54, 1.807) is 29.6 Å². The Bertz CT molecular complexity index is 555. The van der Waals surface area contributed by atoms with Crippen LogP contribution in [-0.4, -0.2) is 20.0 Å². The third kappa shape index (κ3) is 2.42. The second-order valence-electron chi connectivity index (χ2n) is 3.51. The van der Waals surface area contributed by atoms with Crippen molar-refractivity contribution in [3.05, 3.63) is 44.6 Å². The fourth-order valence-corrected chi connectivity index (χ4v) is 2.79. The zero-order valence-electron chi connectivity index (χ0n) is 9.90. The van der Waals surface area contributed by atoms with Crippen LogP contribution in [0.5, 0.6) is 11.5 Å². The highest BCUT2D eigenvalue weighted by Crippen LogP contribution is 2.32. The minimum Gasteiger partial charge on any atom is -0.496 e. The van der Waals surface area contributed by atoms with Crippen LogP contribution in [0.4, 0.5) is 0 Å². The van der Waals surface area contributed by atoms with Crippen molar-refractivity contribution in [3.63, 3.8) is 0 Å². The minimum absolute atomic E-state index is 0.105. The summed E-state index contributed by atoms with van der Waals surface area (Å²) in [7, 11) is 3.07. The Morgan fingerprint density at radius 1 is 1.22 bits per heavy atom. The van der Waals surface area contributed by atoms with Crippen LogP contribution in [0.2, 0.25) is 0 Å². The number of hydrogen-bond donors (Lipinski definition) is 0. The molecule has 0 saturated heterocycles. The Hall–Kier alpha value is -1.33. The molecule has 0 unspecified atom stereocenters. The van der Waals surface area contributed by atoms with Gasteiger partial charge in [0.1, 0.15) is 17.1 Å². The number of carbonyl (C=O) groups excluding carboxylic acids is 1. The minimum atomic E-state index is -0.105. The summed E-state index contributed by atoms with van der Waals surface area (Å²) in [6.07, 6.45) is 0. The molecule has 0 spiro atoms. The molecule has 2 aromatic rings. The lowest BCUT2D eigenvalue weighted by atomic mass is 10.0. The summed E-state index contributed by atoms with van der Waals surface area (Å²) in [5, 5.41) is 1.80. The van der Waals surface area contributed by atoms with E-state index in [2.05, 4.69) is 15.9 Å². The molecule has 0 amide bonds. The average Bonchev–Trinajstić information content (AvgIpc) is 2.83. The Labute approximate surface area is 117 Å². The molecular formula is C13H11BrO3S. The summed E-state index contributed by atoms with van der Waals surface area (Å²) in [5.41, 5.74) is 1.07. The number of halogens is 1. The summed E-state index contributed by atoms with van der Waals surface area (Å²) >= 11 is 4.82. The number of carbonyl (C=O) groups is 1. The second kappa shape index (κ2) is 5.54. The van der Waals surface area contributed by atoms with Crippen LogP contribution >= 0.6 is 27.3 Å². The number of hydrogen-bond acceptors (Lipinski definition) is 4. The zero-order valence-corrected chi connectivity index (χ0v) is 12.3. The molecule has 5 heteroatoms. The van der Waals surface area contributed by atoms with E-state index in [0.29, 0.717) is 22.6 Å². The molecule has 0 radical (unpaired) electrons. The van der Waals surface area contributed by atoms with E-state index < -0.39 is 0 Å². The molecule has 0 aliphatic rings. The van der Waals surface area contributed by atoms with Gasteiger partial charge in [0, 0.05) is 10.9 Å². The van der Waals surface area contributed by atoms with E-state index in [-0.39, 0.29) is 5.78 Å². The Morgan fingerprint density at radius 2 is 1.83 bits per heavy atom. The number of rotatable bonds is 4. The molecule has 0 atom stereocenters. The maximum atomic E-state index is 12.4. The summed E-state index contributed by atoms with van der Waals surface area (Å²) in [4.78, 5) is 12.4. The third-order valence-electron chi connectivity index (χ3n) is 2.48. The molecule has 1 aromatic heterocycles. The first kappa shape index (κ1) is 13.1. The van der Waals surface area contributed by atoms with Crippen molar-refractivity contribution in [2.24, 2.45) is 0 Å². The van der Waals surface area contributed by atoms with Crippen LogP contribution < -0.4 is 9.47 Å². The van der Waals surface area contributed by atoms with E-state index in [0.717, 1.165) is 3.79 Å². The van der Waals surface area contributed by atoms with E-state index in [1.807, 2.05) is 0 Å². The van der Waals surface area contributed by atoms with Gasteiger partial charge in [0.15, 0.2) is 0 Å². The van der Waals surface area contributed by atoms with Gasteiger partial charge >= 0.3 is 0 Å². The van der Waals surface area contributed by atoms with E-state index >= 15 is 0 Å². The van der Waals surface area contributed by atoms with Crippen molar-refractivity contribution in [2.75, 3.05) is 14.2 Å². The lowest BCUT2D eigenvalue weighted by molar-refractivity contribution is 0.103. The molecule has 18 heavy (non-hydrogen) atoms.